The van der Waals surface area contributed by atoms with E-state index in [2.05, 4.69) is 0 Å². The molecule has 0 spiro atoms. The van der Waals surface area contributed by atoms with E-state index >= 15 is 0 Å². The van der Waals surface area contributed by atoms with Crippen LogP contribution in [0, 0.1) is 0 Å². The number of nitrogens with zero attached hydrogens (tertiary/aromatic N) is 1. The van der Waals surface area contributed by atoms with Gasteiger partial charge in [-0.2, -0.15) is 0 Å². The molecule has 6 heteroatoms. The molecule has 2 N–H and O–H groups in total. The normalized spacial score (nSPS) is 12.8. The van der Waals surface area contributed by atoms with Gasteiger partial charge in [0.2, 0.25) is 0 Å². The van der Waals surface area contributed by atoms with Crippen molar-refractivity contribution in [3.8, 4) is 0 Å². The molecule has 0 aliphatic carbocycles. The molecule has 3 nitrogen and oxygen atoms in total. The lowest BCUT2D eigenvalue weighted by Gasteiger charge is -2.25. The Bertz CT molecular complexity index is 388. The van der Waals surface area contributed by atoms with Crippen LogP contribution in [-0.2, 0) is 0 Å². The summed E-state index contributed by atoms with van der Waals surface area (Å²) < 4.78 is 24.9. The van der Waals surface area contributed by atoms with Crippen molar-refractivity contribution in [1.82, 2.24) is 0 Å². The van der Waals surface area contributed by atoms with Gasteiger partial charge < -0.3 is 15.1 Å². The molecule has 0 aliphatic rings. The maximum Gasteiger partial charge on any atom is 0.255 e. The highest BCUT2D eigenvalue weighted by Gasteiger charge is 2.16. The summed E-state index contributed by atoms with van der Waals surface area (Å²) in [6, 6.07) is 4.74. The lowest BCUT2D eigenvalue weighted by molar-refractivity contribution is 0.153. The molecule has 0 heterocycles. The summed E-state index contributed by atoms with van der Waals surface area (Å²) in [5, 5.41) is 18.5. The number of anilines is 1. The summed E-state index contributed by atoms with van der Waals surface area (Å²) in [7, 11) is 0. The second-order valence-electron chi connectivity index (χ2n) is 3.95. The topological polar surface area (TPSA) is 43.7 Å². The van der Waals surface area contributed by atoms with Crippen LogP contribution >= 0.6 is 11.6 Å². The lowest BCUT2D eigenvalue weighted by Crippen LogP contribution is -2.31. The van der Waals surface area contributed by atoms with Crippen molar-refractivity contribution in [2.45, 2.75) is 19.5 Å². The molecule has 0 aliphatic heterocycles. The Kier molecular flexibility index (Phi) is 5.78. The zero-order valence-electron chi connectivity index (χ0n) is 9.98. The number of alkyl halides is 2. The number of hydrogen-bond acceptors (Lipinski definition) is 3. The quantitative estimate of drug-likeness (QED) is 0.841. The van der Waals surface area contributed by atoms with E-state index in [1.165, 1.54) is 11.0 Å². The Morgan fingerprint density at radius 3 is 2.50 bits per heavy atom. The predicted octanol–water partition coefficient (Wildman–Crippen LogP) is 2.46. The highest BCUT2D eigenvalue weighted by Crippen LogP contribution is 2.29. The first kappa shape index (κ1) is 15.1. The average molecular weight is 280 g/mol. The zero-order valence-corrected chi connectivity index (χ0v) is 10.7. The Morgan fingerprint density at radius 2 is 2.06 bits per heavy atom. The van der Waals surface area contributed by atoms with E-state index in [4.69, 9.17) is 16.7 Å². The van der Waals surface area contributed by atoms with Crippen molar-refractivity contribution in [3.05, 3.63) is 28.8 Å². The van der Waals surface area contributed by atoms with Crippen LogP contribution in [-0.4, -0.2) is 36.3 Å². The SMILES string of the molecule is C[C@@H](O)c1ccc(N(CCO)CC(F)F)c(Cl)c1. The van der Waals surface area contributed by atoms with Gasteiger partial charge in [-0.25, -0.2) is 8.78 Å². The lowest BCUT2D eigenvalue weighted by atomic mass is 10.1. The fourth-order valence-electron chi connectivity index (χ4n) is 1.64. The second-order valence-corrected chi connectivity index (χ2v) is 4.35. The van der Waals surface area contributed by atoms with Crippen LogP contribution in [0.2, 0.25) is 5.02 Å². The van der Waals surface area contributed by atoms with E-state index in [1.54, 1.807) is 19.1 Å². The third-order valence-electron chi connectivity index (χ3n) is 2.52. The molecule has 18 heavy (non-hydrogen) atoms. The zero-order chi connectivity index (χ0) is 13.7. The fraction of sp³-hybridized carbons (Fsp3) is 0.500. The predicted molar refractivity (Wildman–Crippen MR) is 67.4 cm³/mol. The number of halogens is 3. The molecule has 0 amide bonds. The van der Waals surface area contributed by atoms with Gasteiger partial charge >= 0.3 is 0 Å². The third kappa shape index (κ3) is 4.08. The molecule has 0 saturated carbocycles. The van der Waals surface area contributed by atoms with Crippen molar-refractivity contribution in [3.63, 3.8) is 0 Å². The number of aliphatic hydroxyl groups is 2. The maximum atomic E-state index is 12.4. The van der Waals surface area contributed by atoms with E-state index in [0.717, 1.165) is 0 Å². The van der Waals surface area contributed by atoms with Gasteiger partial charge in [-0.05, 0) is 24.6 Å². The van der Waals surface area contributed by atoms with Crippen LogP contribution < -0.4 is 4.90 Å². The summed E-state index contributed by atoms with van der Waals surface area (Å²) in [5.41, 5.74) is 1.04. The van der Waals surface area contributed by atoms with Crippen molar-refractivity contribution < 1.29 is 19.0 Å². The monoisotopic (exact) mass is 279 g/mol. The first-order valence-corrected chi connectivity index (χ1v) is 5.95. The Balaban J connectivity index is 2.97. The van der Waals surface area contributed by atoms with Crippen molar-refractivity contribution in [2.75, 3.05) is 24.6 Å². The Hall–Kier alpha value is -0.910. The minimum Gasteiger partial charge on any atom is -0.395 e. The molecule has 1 rings (SSSR count). The molecule has 1 aromatic carbocycles. The standard InChI is InChI=1S/C12H16ClF2NO2/c1-8(18)9-2-3-11(10(13)6-9)16(4-5-17)7-12(14)15/h2-3,6,8,12,17-18H,4-5,7H2,1H3/t8-/m1/s1. The molecule has 0 saturated heterocycles. The number of benzene rings is 1. The van der Waals surface area contributed by atoms with Crippen molar-refractivity contribution in [1.29, 1.82) is 0 Å². The smallest absolute Gasteiger partial charge is 0.255 e. The molecule has 0 unspecified atom stereocenters. The molecule has 0 bridgehead atoms. The van der Waals surface area contributed by atoms with Gasteiger partial charge in [0, 0.05) is 6.54 Å². The van der Waals surface area contributed by atoms with Crippen molar-refractivity contribution >= 4 is 17.3 Å². The van der Waals surface area contributed by atoms with E-state index in [1.807, 2.05) is 0 Å². The highest BCUT2D eigenvalue weighted by atomic mass is 35.5. The van der Waals surface area contributed by atoms with E-state index in [9.17, 15) is 13.9 Å². The van der Waals surface area contributed by atoms with Crippen LogP contribution in [0.15, 0.2) is 18.2 Å². The fourth-order valence-corrected chi connectivity index (χ4v) is 1.95. The Labute approximate surface area is 110 Å². The van der Waals surface area contributed by atoms with Gasteiger partial charge in [0.25, 0.3) is 6.43 Å². The van der Waals surface area contributed by atoms with Crippen LogP contribution in [0.5, 0.6) is 0 Å². The van der Waals surface area contributed by atoms with Gasteiger partial charge in [0.1, 0.15) is 0 Å². The summed E-state index contributed by atoms with van der Waals surface area (Å²) in [6.45, 7) is 0.948. The minimum absolute atomic E-state index is 0.0814. The minimum atomic E-state index is -2.51. The van der Waals surface area contributed by atoms with E-state index < -0.39 is 19.1 Å². The molecule has 0 fully saturated rings. The van der Waals surface area contributed by atoms with Gasteiger partial charge in [0.05, 0.1) is 30.0 Å². The van der Waals surface area contributed by atoms with Gasteiger partial charge in [-0.3, -0.25) is 0 Å². The Morgan fingerprint density at radius 1 is 1.39 bits per heavy atom. The summed E-state index contributed by atoms with van der Waals surface area (Å²) in [5.74, 6) is 0. The largest absolute Gasteiger partial charge is 0.395 e. The van der Waals surface area contributed by atoms with Gasteiger partial charge in [-0.1, -0.05) is 17.7 Å². The summed E-state index contributed by atoms with van der Waals surface area (Å²) >= 11 is 6.01. The van der Waals surface area contributed by atoms with Gasteiger partial charge in [0.15, 0.2) is 0 Å². The first-order chi connectivity index (χ1) is 8.45. The molecule has 0 aromatic heterocycles. The number of rotatable bonds is 6. The number of aliphatic hydroxyl groups excluding tert-OH is 2. The summed E-state index contributed by atoms with van der Waals surface area (Å²) in [4.78, 5) is 1.32. The maximum absolute atomic E-state index is 12.4. The molecule has 0 radical (unpaired) electrons. The van der Waals surface area contributed by atoms with Crippen LogP contribution in [0.3, 0.4) is 0 Å². The molecular weight excluding hydrogens is 264 g/mol. The van der Waals surface area contributed by atoms with Crippen LogP contribution in [0.4, 0.5) is 14.5 Å². The van der Waals surface area contributed by atoms with Gasteiger partial charge in [-0.15, -0.1) is 0 Å². The summed E-state index contributed by atoms with van der Waals surface area (Å²) in [6.07, 6.45) is -3.18. The molecule has 102 valence electrons. The van der Waals surface area contributed by atoms with E-state index in [-0.39, 0.29) is 18.2 Å². The second kappa shape index (κ2) is 6.87. The number of hydrogen-bond donors (Lipinski definition) is 2. The van der Waals surface area contributed by atoms with Crippen LogP contribution in [0.25, 0.3) is 0 Å². The molecular formula is C12H16ClF2NO2. The molecule has 1 aromatic rings. The van der Waals surface area contributed by atoms with E-state index in [0.29, 0.717) is 11.3 Å². The highest BCUT2D eigenvalue weighted by molar-refractivity contribution is 6.33. The van der Waals surface area contributed by atoms with Crippen LogP contribution in [0.1, 0.15) is 18.6 Å². The average Bonchev–Trinajstić information content (AvgIpc) is 2.27. The first-order valence-electron chi connectivity index (χ1n) is 5.57. The van der Waals surface area contributed by atoms with Crippen molar-refractivity contribution in [2.24, 2.45) is 0 Å². The third-order valence-corrected chi connectivity index (χ3v) is 2.83. The molecule has 1 atom stereocenters.